The van der Waals surface area contributed by atoms with Gasteiger partial charge in [-0.15, -0.1) is 21.5 Å². The Bertz CT molecular complexity index is 1040. The van der Waals surface area contributed by atoms with Gasteiger partial charge in [0, 0.05) is 22.6 Å². The van der Waals surface area contributed by atoms with Gasteiger partial charge in [-0.05, 0) is 37.3 Å². The summed E-state index contributed by atoms with van der Waals surface area (Å²) in [5.41, 5.74) is 2.65. The standard InChI is InChI=1S/C19H17ClN4O2S/c1-11-22-23-18-15(7-4-8-16(25)26)21-17(12-5-2-3-6-14(12)20)13-9-10-27-19(13)24(11)18/h2-3,5-6,9-10,15H,4,7-8H2,1H3,(H,25,26). The van der Waals surface area contributed by atoms with Crippen molar-refractivity contribution in [2.75, 3.05) is 0 Å². The molecule has 0 bridgehead atoms. The van der Waals surface area contributed by atoms with Crippen molar-refractivity contribution in [2.45, 2.75) is 32.2 Å². The molecular weight excluding hydrogens is 384 g/mol. The van der Waals surface area contributed by atoms with Crippen LogP contribution in [-0.2, 0) is 4.79 Å². The number of nitrogens with zero attached hydrogens (tertiary/aromatic N) is 4. The summed E-state index contributed by atoms with van der Waals surface area (Å²) in [4.78, 5) is 15.9. The molecule has 0 fully saturated rings. The Kier molecular flexibility index (Phi) is 4.80. The first-order chi connectivity index (χ1) is 13.1. The molecule has 3 heterocycles. The number of thiophene rings is 1. The van der Waals surface area contributed by atoms with Gasteiger partial charge < -0.3 is 5.11 Å². The Hall–Kier alpha value is -2.51. The van der Waals surface area contributed by atoms with E-state index in [0.29, 0.717) is 17.9 Å². The third-order valence-electron chi connectivity index (χ3n) is 4.53. The summed E-state index contributed by atoms with van der Waals surface area (Å²) in [5.74, 6) is 0.715. The zero-order chi connectivity index (χ0) is 19.0. The molecule has 1 N–H and O–H groups in total. The molecule has 4 rings (SSSR count). The number of hydrogen-bond acceptors (Lipinski definition) is 5. The van der Waals surface area contributed by atoms with Gasteiger partial charge in [-0.25, -0.2) is 0 Å². The summed E-state index contributed by atoms with van der Waals surface area (Å²) < 4.78 is 2.03. The van der Waals surface area contributed by atoms with Crippen molar-refractivity contribution >= 4 is 34.6 Å². The highest BCUT2D eigenvalue weighted by atomic mass is 35.5. The van der Waals surface area contributed by atoms with E-state index < -0.39 is 5.97 Å². The summed E-state index contributed by atoms with van der Waals surface area (Å²) in [6, 6.07) is 9.38. The molecule has 0 saturated carbocycles. The van der Waals surface area contributed by atoms with Gasteiger partial charge in [-0.3, -0.25) is 14.4 Å². The minimum atomic E-state index is -0.810. The molecule has 1 aromatic carbocycles. The fourth-order valence-electron chi connectivity index (χ4n) is 3.29. The van der Waals surface area contributed by atoms with Crippen LogP contribution in [0.25, 0.3) is 5.00 Å². The zero-order valence-corrected chi connectivity index (χ0v) is 16.2. The number of benzene rings is 1. The van der Waals surface area contributed by atoms with Gasteiger partial charge in [0.1, 0.15) is 16.9 Å². The fourth-order valence-corrected chi connectivity index (χ4v) is 4.47. The second-order valence-corrected chi connectivity index (χ2v) is 7.64. The SMILES string of the molecule is Cc1nnc2n1-c1sccc1C(c1ccccc1Cl)=NC2CCCC(=O)O. The lowest BCUT2D eigenvalue weighted by Crippen LogP contribution is -2.07. The minimum Gasteiger partial charge on any atom is -0.481 e. The van der Waals surface area contributed by atoms with Gasteiger partial charge >= 0.3 is 5.97 Å². The molecule has 1 unspecified atom stereocenters. The second kappa shape index (κ2) is 7.25. The number of carboxylic acids is 1. The van der Waals surface area contributed by atoms with Gasteiger partial charge in [0.2, 0.25) is 0 Å². The van der Waals surface area contributed by atoms with E-state index >= 15 is 0 Å². The Balaban J connectivity index is 1.87. The molecule has 0 saturated heterocycles. The number of fused-ring (bicyclic) bond motifs is 3. The van der Waals surface area contributed by atoms with Gasteiger partial charge in [0.05, 0.1) is 5.71 Å². The molecule has 1 aliphatic rings. The van der Waals surface area contributed by atoms with E-state index in [2.05, 4.69) is 10.2 Å². The lowest BCUT2D eigenvalue weighted by Gasteiger charge is -2.12. The van der Waals surface area contributed by atoms with Crippen LogP contribution in [0.2, 0.25) is 5.02 Å². The smallest absolute Gasteiger partial charge is 0.303 e. The first kappa shape index (κ1) is 17.9. The third kappa shape index (κ3) is 3.28. The molecule has 1 aliphatic heterocycles. The molecule has 27 heavy (non-hydrogen) atoms. The molecule has 0 amide bonds. The lowest BCUT2D eigenvalue weighted by molar-refractivity contribution is -0.137. The van der Waals surface area contributed by atoms with Gasteiger partial charge in [0.25, 0.3) is 0 Å². The molecule has 1 atom stereocenters. The van der Waals surface area contributed by atoms with Crippen LogP contribution in [0.5, 0.6) is 0 Å². The van der Waals surface area contributed by atoms with E-state index in [1.165, 1.54) is 0 Å². The topological polar surface area (TPSA) is 80.4 Å². The average molecular weight is 401 g/mol. The molecule has 0 spiro atoms. The second-order valence-electron chi connectivity index (χ2n) is 6.34. The van der Waals surface area contributed by atoms with Crippen LogP contribution in [0.1, 0.15) is 48.1 Å². The Morgan fingerprint density at radius 1 is 1.26 bits per heavy atom. The van der Waals surface area contributed by atoms with Crippen molar-refractivity contribution in [3.05, 3.63) is 63.5 Å². The van der Waals surface area contributed by atoms with Gasteiger partial charge in [-0.1, -0.05) is 29.8 Å². The Labute approximate surface area is 165 Å². The van der Waals surface area contributed by atoms with E-state index in [9.17, 15) is 4.79 Å². The Morgan fingerprint density at radius 3 is 2.85 bits per heavy atom. The quantitative estimate of drug-likeness (QED) is 0.686. The summed E-state index contributed by atoms with van der Waals surface area (Å²) in [5, 5.41) is 21.2. The third-order valence-corrected chi connectivity index (χ3v) is 5.76. The normalized spacial score (nSPS) is 15.6. The van der Waals surface area contributed by atoms with E-state index in [1.54, 1.807) is 11.3 Å². The maximum atomic E-state index is 10.9. The number of carboxylic acid groups (broad SMARTS) is 1. The summed E-state index contributed by atoms with van der Waals surface area (Å²) in [6.07, 6.45) is 1.19. The molecule has 0 aliphatic carbocycles. The van der Waals surface area contributed by atoms with E-state index in [-0.39, 0.29) is 12.5 Å². The highest BCUT2D eigenvalue weighted by Crippen LogP contribution is 2.36. The fraction of sp³-hybridized carbons (Fsp3) is 0.263. The number of carbonyl (C=O) groups is 1. The molecule has 6 nitrogen and oxygen atoms in total. The molecule has 0 radical (unpaired) electrons. The van der Waals surface area contributed by atoms with Crippen LogP contribution >= 0.6 is 22.9 Å². The number of hydrogen-bond donors (Lipinski definition) is 1. The van der Waals surface area contributed by atoms with Crippen molar-refractivity contribution in [3.8, 4) is 5.00 Å². The first-order valence-corrected chi connectivity index (χ1v) is 9.86. The summed E-state index contributed by atoms with van der Waals surface area (Å²) in [6.45, 7) is 1.91. The summed E-state index contributed by atoms with van der Waals surface area (Å²) >= 11 is 8.06. The summed E-state index contributed by atoms with van der Waals surface area (Å²) in [7, 11) is 0. The van der Waals surface area contributed by atoms with Crippen molar-refractivity contribution in [2.24, 2.45) is 4.99 Å². The highest BCUT2D eigenvalue weighted by molar-refractivity contribution is 7.13. The average Bonchev–Trinajstić information content (AvgIpc) is 3.22. The van der Waals surface area contributed by atoms with Crippen LogP contribution in [0, 0.1) is 6.92 Å². The van der Waals surface area contributed by atoms with Crippen molar-refractivity contribution in [3.63, 3.8) is 0 Å². The predicted molar refractivity (Wildman–Crippen MR) is 105 cm³/mol. The largest absolute Gasteiger partial charge is 0.481 e. The number of rotatable bonds is 5. The number of aliphatic carboxylic acids is 1. The maximum Gasteiger partial charge on any atom is 0.303 e. The zero-order valence-electron chi connectivity index (χ0n) is 14.6. The van der Waals surface area contributed by atoms with E-state index in [1.807, 2.05) is 47.2 Å². The number of halogens is 1. The monoisotopic (exact) mass is 400 g/mol. The highest BCUT2D eigenvalue weighted by Gasteiger charge is 2.29. The Morgan fingerprint density at radius 2 is 2.07 bits per heavy atom. The molecule has 8 heteroatoms. The van der Waals surface area contributed by atoms with Crippen molar-refractivity contribution < 1.29 is 9.90 Å². The predicted octanol–water partition coefficient (Wildman–Crippen LogP) is 4.44. The number of aliphatic imine (C=N–C) groups is 1. The lowest BCUT2D eigenvalue weighted by atomic mass is 10.0. The number of aromatic nitrogens is 3. The van der Waals surface area contributed by atoms with Crippen LogP contribution in [0.15, 0.2) is 40.7 Å². The van der Waals surface area contributed by atoms with Gasteiger partial charge in [0.15, 0.2) is 5.82 Å². The molecule has 138 valence electrons. The first-order valence-electron chi connectivity index (χ1n) is 8.61. The van der Waals surface area contributed by atoms with Gasteiger partial charge in [-0.2, -0.15) is 0 Å². The number of aryl methyl sites for hydroxylation is 1. The minimum absolute atomic E-state index is 0.0996. The molecule has 2 aromatic heterocycles. The van der Waals surface area contributed by atoms with E-state index in [0.717, 1.165) is 33.5 Å². The molecular formula is C19H17ClN4O2S. The van der Waals surface area contributed by atoms with Crippen LogP contribution in [0.4, 0.5) is 0 Å². The van der Waals surface area contributed by atoms with Crippen molar-refractivity contribution in [1.82, 2.24) is 14.8 Å². The molecule has 3 aromatic rings. The van der Waals surface area contributed by atoms with Crippen LogP contribution in [-0.4, -0.2) is 31.6 Å². The maximum absolute atomic E-state index is 10.9. The van der Waals surface area contributed by atoms with Crippen LogP contribution < -0.4 is 0 Å². The van der Waals surface area contributed by atoms with Crippen LogP contribution in [0.3, 0.4) is 0 Å². The van der Waals surface area contributed by atoms with E-state index in [4.69, 9.17) is 21.7 Å². The van der Waals surface area contributed by atoms with Crippen molar-refractivity contribution in [1.29, 1.82) is 0 Å².